The number of nitrogens with one attached hydrogen (secondary N) is 1. The van der Waals surface area contributed by atoms with Crippen LogP contribution in [-0.2, 0) is 10.0 Å². The molecule has 1 unspecified atom stereocenters. The summed E-state index contributed by atoms with van der Waals surface area (Å²) in [5.41, 5.74) is 0.586. The first-order chi connectivity index (χ1) is 8.96. The molecular formula is C12H20N4O2S. The minimum atomic E-state index is -3.47. The van der Waals surface area contributed by atoms with Crippen LogP contribution >= 0.6 is 0 Å². The third kappa shape index (κ3) is 2.72. The summed E-state index contributed by atoms with van der Waals surface area (Å²) in [5.74, 6) is 0. The Labute approximate surface area is 114 Å². The van der Waals surface area contributed by atoms with Gasteiger partial charge in [0.05, 0.1) is 5.69 Å². The molecule has 0 aliphatic carbocycles. The highest BCUT2D eigenvalue weighted by molar-refractivity contribution is 7.89. The van der Waals surface area contributed by atoms with Gasteiger partial charge in [0, 0.05) is 38.6 Å². The number of hydrogen-bond acceptors (Lipinski definition) is 5. The van der Waals surface area contributed by atoms with Crippen molar-refractivity contribution in [2.24, 2.45) is 0 Å². The van der Waals surface area contributed by atoms with Gasteiger partial charge in [-0.05, 0) is 26.6 Å². The molecule has 0 bridgehead atoms. The minimum Gasteiger partial charge on any atom is -0.387 e. The lowest BCUT2D eigenvalue weighted by Gasteiger charge is -2.21. The summed E-state index contributed by atoms with van der Waals surface area (Å²) in [6.45, 7) is 1.09. The van der Waals surface area contributed by atoms with Gasteiger partial charge in [-0.1, -0.05) is 0 Å². The van der Waals surface area contributed by atoms with Crippen LogP contribution in [0.2, 0.25) is 0 Å². The molecule has 1 atom stereocenters. The van der Waals surface area contributed by atoms with Crippen LogP contribution in [0, 0.1) is 0 Å². The molecule has 1 aromatic rings. The zero-order valence-electron chi connectivity index (χ0n) is 11.5. The Kier molecular flexibility index (Phi) is 4.07. The highest BCUT2D eigenvalue weighted by Crippen LogP contribution is 2.26. The van der Waals surface area contributed by atoms with E-state index in [1.807, 2.05) is 14.1 Å². The zero-order chi connectivity index (χ0) is 14.0. The van der Waals surface area contributed by atoms with Gasteiger partial charge in [-0.3, -0.25) is 4.98 Å². The maximum atomic E-state index is 12.6. The molecule has 1 N–H and O–H groups in total. The number of pyridine rings is 1. The van der Waals surface area contributed by atoms with Gasteiger partial charge < -0.3 is 10.2 Å². The van der Waals surface area contributed by atoms with Crippen molar-refractivity contribution in [3.63, 3.8) is 0 Å². The maximum Gasteiger partial charge on any atom is 0.246 e. The van der Waals surface area contributed by atoms with E-state index in [1.54, 1.807) is 19.3 Å². The van der Waals surface area contributed by atoms with Crippen LogP contribution < -0.4 is 5.32 Å². The first kappa shape index (κ1) is 14.2. The second kappa shape index (κ2) is 5.44. The monoisotopic (exact) mass is 284 g/mol. The number of anilines is 1. The van der Waals surface area contributed by atoms with E-state index in [-0.39, 0.29) is 10.9 Å². The van der Waals surface area contributed by atoms with Crippen molar-refractivity contribution in [1.82, 2.24) is 14.2 Å². The van der Waals surface area contributed by atoms with Crippen molar-refractivity contribution < 1.29 is 8.42 Å². The van der Waals surface area contributed by atoms with Crippen molar-refractivity contribution in [2.45, 2.75) is 17.4 Å². The fourth-order valence-corrected chi connectivity index (χ4v) is 3.92. The number of rotatable bonds is 4. The average molecular weight is 284 g/mol. The Hall–Kier alpha value is -1.18. The molecule has 1 aliphatic heterocycles. The van der Waals surface area contributed by atoms with Crippen LogP contribution in [0.3, 0.4) is 0 Å². The Bertz CT molecular complexity index is 544. The largest absolute Gasteiger partial charge is 0.387 e. The Morgan fingerprint density at radius 1 is 1.47 bits per heavy atom. The van der Waals surface area contributed by atoms with Crippen LogP contribution in [0.1, 0.15) is 6.42 Å². The van der Waals surface area contributed by atoms with Crippen LogP contribution in [0.25, 0.3) is 0 Å². The smallest absolute Gasteiger partial charge is 0.246 e. The number of sulfonamides is 1. The summed E-state index contributed by atoms with van der Waals surface area (Å²) < 4.78 is 26.8. The molecule has 1 saturated heterocycles. The summed E-state index contributed by atoms with van der Waals surface area (Å²) in [6, 6.07) is 1.95. The van der Waals surface area contributed by atoms with Crippen LogP contribution in [0.15, 0.2) is 23.4 Å². The second-order valence-electron chi connectivity index (χ2n) is 4.89. The zero-order valence-corrected chi connectivity index (χ0v) is 12.3. The van der Waals surface area contributed by atoms with E-state index in [0.717, 1.165) is 6.42 Å². The number of nitrogens with zero attached hydrogens (tertiary/aromatic N) is 3. The molecule has 1 aliphatic rings. The fourth-order valence-electron chi connectivity index (χ4n) is 2.28. The normalized spacial score (nSPS) is 20.9. The molecule has 106 valence electrons. The molecule has 0 radical (unpaired) electrons. The fraction of sp³-hybridized carbons (Fsp3) is 0.583. The molecule has 2 rings (SSSR count). The molecule has 1 fully saturated rings. The number of likely N-dealkylation sites (N-methyl/N-ethyl adjacent to an activating group) is 1. The molecule has 2 heterocycles. The van der Waals surface area contributed by atoms with Crippen molar-refractivity contribution in [2.75, 3.05) is 39.5 Å². The average Bonchev–Trinajstić information content (AvgIpc) is 2.89. The van der Waals surface area contributed by atoms with Gasteiger partial charge in [-0.15, -0.1) is 0 Å². The van der Waals surface area contributed by atoms with Gasteiger partial charge in [0.1, 0.15) is 4.90 Å². The lowest BCUT2D eigenvalue weighted by molar-refractivity contribution is 0.302. The summed E-state index contributed by atoms with van der Waals surface area (Å²) in [4.78, 5) is 6.24. The lowest BCUT2D eigenvalue weighted by atomic mass is 10.2. The third-order valence-corrected chi connectivity index (χ3v) is 5.42. The quantitative estimate of drug-likeness (QED) is 0.869. The predicted octanol–water partition coefficient (Wildman–Crippen LogP) is 0.448. The van der Waals surface area contributed by atoms with Crippen LogP contribution in [0.4, 0.5) is 5.69 Å². The highest BCUT2D eigenvalue weighted by Gasteiger charge is 2.34. The van der Waals surface area contributed by atoms with Crippen molar-refractivity contribution in [3.05, 3.63) is 18.5 Å². The molecule has 0 saturated carbocycles. The van der Waals surface area contributed by atoms with E-state index < -0.39 is 10.0 Å². The van der Waals surface area contributed by atoms with Gasteiger partial charge >= 0.3 is 0 Å². The predicted molar refractivity (Wildman–Crippen MR) is 74.6 cm³/mol. The van der Waals surface area contributed by atoms with Crippen molar-refractivity contribution in [1.29, 1.82) is 0 Å². The van der Waals surface area contributed by atoms with E-state index >= 15 is 0 Å². The molecule has 6 nitrogen and oxygen atoms in total. The van der Waals surface area contributed by atoms with Crippen LogP contribution in [-0.4, -0.2) is 62.9 Å². The van der Waals surface area contributed by atoms with E-state index in [0.29, 0.717) is 18.8 Å². The van der Waals surface area contributed by atoms with Crippen molar-refractivity contribution >= 4 is 15.7 Å². The standard InChI is InChI=1S/C12H20N4O2S/c1-13-11-4-6-14-8-12(11)19(17,18)16-7-5-10(9-16)15(2)3/h4,6,8,10H,5,7,9H2,1-3H3,(H,13,14). The first-order valence-electron chi connectivity index (χ1n) is 6.25. The van der Waals surface area contributed by atoms with Gasteiger partial charge in [-0.2, -0.15) is 4.31 Å². The molecular weight excluding hydrogens is 264 g/mol. The van der Waals surface area contributed by atoms with Gasteiger partial charge in [0.15, 0.2) is 0 Å². The summed E-state index contributed by atoms with van der Waals surface area (Å²) in [5, 5.41) is 2.90. The van der Waals surface area contributed by atoms with E-state index in [1.165, 1.54) is 10.5 Å². The Balaban J connectivity index is 2.29. The number of hydrogen-bond donors (Lipinski definition) is 1. The Morgan fingerprint density at radius 3 is 2.79 bits per heavy atom. The summed E-state index contributed by atoms with van der Waals surface area (Å²) in [6.07, 6.45) is 3.85. The molecule has 0 amide bonds. The van der Waals surface area contributed by atoms with Gasteiger partial charge in [0.2, 0.25) is 10.0 Å². The van der Waals surface area contributed by atoms with E-state index in [4.69, 9.17) is 0 Å². The number of aromatic nitrogens is 1. The van der Waals surface area contributed by atoms with Gasteiger partial charge in [-0.25, -0.2) is 8.42 Å². The van der Waals surface area contributed by atoms with Crippen molar-refractivity contribution in [3.8, 4) is 0 Å². The molecule has 0 spiro atoms. The van der Waals surface area contributed by atoms with E-state index in [2.05, 4.69) is 15.2 Å². The summed E-state index contributed by atoms with van der Waals surface area (Å²) in [7, 11) is 2.20. The molecule has 0 aromatic carbocycles. The first-order valence-corrected chi connectivity index (χ1v) is 7.69. The summed E-state index contributed by atoms with van der Waals surface area (Å²) >= 11 is 0. The Morgan fingerprint density at radius 2 is 2.21 bits per heavy atom. The topological polar surface area (TPSA) is 65.5 Å². The third-order valence-electron chi connectivity index (χ3n) is 3.53. The minimum absolute atomic E-state index is 0.247. The molecule has 19 heavy (non-hydrogen) atoms. The SMILES string of the molecule is CNc1ccncc1S(=O)(=O)N1CCC(N(C)C)C1. The van der Waals surface area contributed by atoms with E-state index in [9.17, 15) is 8.42 Å². The highest BCUT2D eigenvalue weighted by atomic mass is 32.2. The van der Waals surface area contributed by atoms with Crippen LogP contribution in [0.5, 0.6) is 0 Å². The lowest BCUT2D eigenvalue weighted by Crippen LogP contribution is -2.34. The maximum absolute atomic E-state index is 12.6. The molecule has 1 aromatic heterocycles. The second-order valence-corrected chi connectivity index (χ2v) is 6.80. The van der Waals surface area contributed by atoms with Gasteiger partial charge in [0.25, 0.3) is 0 Å². The molecule has 7 heteroatoms.